The fourth-order valence-corrected chi connectivity index (χ4v) is 3.88. The minimum Gasteiger partial charge on any atom is -0.461 e. The van der Waals surface area contributed by atoms with Crippen LogP contribution in [0.15, 0.2) is 30.3 Å². The summed E-state index contributed by atoms with van der Waals surface area (Å²) in [5.74, 6) is -1.46. The zero-order valence-electron chi connectivity index (χ0n) is 15.4. The van der Waals surface area contributed by atoms with Crippen LogP contribution in [0.4, 0.5) is 0 Å². The lowest BCUT2D eigenvalue weighted by atomic mass is 9.91. The van der Waals surface area contributed by atoms with E-state index in [1.165, 1.54) is 13.8 Å². The molecule has 2 N–H and O–H groups in total. The largest absolute Gasteiger partial charge is 0.461 e. The molecule has 2 heterocycles. The van der Waals surface area contributed by atoms with E-state index in [0.29, 0.717) is 25.1 Å². The van der Waals surface area contributed by atoms with Crippen molar-refractivity contribution < 1.29 is 28.6 Å². The van der Waals surface area contributed by atoms with Gasteiger partial charge in [0.05, 0.1) is 17.6 Å². The molecule has 1 aromatic rings. The number of ether oxygens (including phenoxy) is 3. The molecule has 0 bridgehead atoms. The Kier molecular flexibility index (Phi) is 5.76. The molecular formula is C19H24N2O6. The third kappa shape index (κ3) is 4.28. The predicted octanol–water partition coefficient (Wildman–Crippen LogP) is 0.491. The number of nitrogens with two attached hydrogens (primary N) is 1. The monoisotopic (exact) mass is 376 g/mol. The Bertz CT molecular complexity index is 709. The van der Waals surface area contributed by atoms with E-state index in [2.05, 4.69) is 0 Å². The Balaban J connectivity index is 1.85. The maximum absolute atomic E-state index is 12.5. The highest BCUT2D eigenvalue weighted by molar-refractivity contribution is 5.89. The number of hydrogen-bond acceptors (Lipinski definition) is 8. The van der Waals surface area contributed by atoms with Crippen molar-refractivity contribution >= 4 is 17.9 Å². The summed E-state index contributed by atoms with van der Waals surface area (Å²) in [5, 5.41) is 0. The van der Waals surface area contributed by atoms with Crippen LogP contribution in [0.3, 0.4) is 0 Å². The Morgan fingerprint density at radius 3 is 2.30 bits per heavy atom. The smallest absolute Gasteiger partial charge is 0.338 e. The van der Waals surface area contributed by atoms with Crippen LogP contribution in [0.2, 0.25) is 0 Å². The number of carbonyl (C=O) groups excluding carboxylic acids is 3. The van der Waals surface area contributed by atoms with Gasteiger partial charge in [-0.05, 0) is 18.6 Å². The zero-order chi connectivity index (χ0) is 19.6. The summed E-state index contributed by atoms with van der Waals surface area (Å²) in [6.07, 6.45) is -1.49. The van der Waals surface area contributed by atoms with Crippen LogP contribution in [-0.4, -0.2) is 66.3 Å². The van der Waals surface area contributed by atoms with Crippen molar-refractivity contribution in [1.82, 2.24) is 4.90 Å². The second-order valence-electron chi connectivity index (χ2n) is 6.90. The second kappa shape index (κ2) is 8.06. The van der Waals surface area contributed by atoms with Gasteiger partial charge < -0.3 is 19.9 Å². The molecular weight excluding hydrogens is 352 g/mol. The van der Waals surface area contributed by atoms with Gasteiger partial charge in [-0.1, -0.05) is 18.2 Å². The molecule has 0 aliphatic carbocycles. The van der Waals surface area contributed by atoms with Crippen LogP contribution in [0.1, 0.15) is 30.6 Å². The minimum atomic E-state index is -0.834. The Hall–Kier alpha value is -2.45. The molecule has 2 aliphatic rings. The van der Waals surface area contributed by atoms with Gasteiger partial charge in [0.15, 0.2) is 12.2 Å². The predicted molar refractivity (Wildman–Crippen MR) is 94.7 cm³/mol. The molecule has 1 aromatic carbocycles. The first-order chi connectivity index (χ1) is 12.9. The van der Waals surface area contributed by atoms with Crippen LogP contribution >= 0.6 is 0 Å². The van der Waals surface area contributed by atoms with Gasteiger partial charge in [0, 0.05) is 26.9 Å². The van der Waals surface area contributed by atoms with E-state index in [1.54, 1.807) is 30.3 Å². The maximum Gasteiger partial charge on any atom is 0.338 e. The van der Waals surface area contributed by atoms with Crippen LogP contribution < -0.4 is 5.73 Å². The summed E-state index contributed by atoms with van der Waals surface area (Å²) in [6.45, 7) is 3.74. The van der Waals surface area contributed by atoms with E-state index in [0.717, 1.165) is 0 Å². The second-order valence-corrected chi connectivity index (χ2v) is 6.90. The molecule has 2 fully saturated rings. The zero-order valence-corrected chi connectivity index (χ0v) is 15.4. The van der Waals surface area contributed by atoms with Crippen LogP contribution in [0.25, 0.3) is 0 Å². The minimum absolute atomic E-state index is 0.386. The number of esters is 3. The molecule has 0 saturated carbocycles. The number of carbonyl (C=O) groups is 3. The highest BCUT2D eigenvalue weighted by Crippen LogP contribution is 2.33. The lowest BCUT2D eigenvalue weighted by Crippen LogP contribution is -2.66. The molecule has 27 heavy (non-hydrogen) atoms. The van der Waals surface area contributed by atoms with Gasteiger partial charge in [-0.15, -0.1) is 0 Å². The lowest BCUT2D eigenvalue weighted by Gasteiger charge is -2.44. The summed E-state index contributed by atoms with van der Waals surface area (Å²) in [5.41, 5.74) is 6.64. The van der Waals surface area contributed by atoms with Crippen molar-refractivity contribution in [1.29, 1.82) is 0 Å². The Morgan fingerprint density at radius 1 is 1.00 bits per heavy atom. The van der Waals surface area contributed by atoms with Crippen molar-refractivity contribution in [2.24, 2.45) is 5.73 Å². The van der Waals surface area contributed by atoms with E-state index in [-0.39, 0.29) is 0 Å². The van der Waals surface area contributed by atoms with Gasteiger partial charge in [-0.2, -0.15) is 0 Å². The lowest BCUT2D eigenvalue weighted by molar-refractivity contribution is -0.173. The summed E-state index contributed by atoms with van der Waals surface area (Å²) in [6, 6.07) is 7.61. The molecule has 8 nitrogen and oxygen atoms in total. The standard InChI is InChI=1S/C19H24N2O6/c1-11(22)25-15-8-9-21-10-14(20)17(18(16(15)21)26-12(2)23)27-19(24)13-6-4-3-5-7-13/h3-7,14-18H,8-10,20H2,1-2H3/t14-,15-,16+,17+,18+/m0/s1. The fraction of sp³-hybridized carbons (Fsp3) is 0.526. The first-order valence-corrected chi connectivity index (χ1v) is 8.97. The molecule has 3 rings (SSSR count). The average Bonchev–Trinajstić information content (AvgIpc) is 2.99. The average molecular weight is 376 g/mol. The van der Waals surface area contributed by atoms with Gasteiger partial charge in [-0.3, -0.25) is 14.5 Å². The van der Waals surface area contributed by atoms with Crippen LogP contribution in [0.5, 0.6) is 0 Å². The van der Waals surface area contributed by atoms with Gasteiger partial charge in [0.2, 0.25) is 0 Å². The van der Waals surface area contributed by atoms with E-state index in [9.17, 15) is 14.4 Å². The number of fused-ring (bicyclic) bond motifs is 1. The normalized spacial score (nSPS) is 30.3. The summed E-state index contributed by atoms with van der Waals surface area (Å²) >= 11 is 0. The summed E-state index contributed by atoms with van der Waals surface area (Å²) in [4.78, 5) is 37.7. The maximum atomic E-state index is 12.5. The highest BCUT2D eigenvalue weighted by atomic mass is 16.6. The number of nitrogens with zero attached hydrogens (tertiary/aromatic N) is 1. The first kappa shape index (κ1) is 19.3. The molecule has 146 valence electrons. The summed E-state index contributed by atoms with van der Waals surface area (Å²) in [7, 11) is 0. The van der Waals surface area contributed by atoms with Gasteiger partial charge in [-0.25, -0.2) is 4.79 Å². The van der Waals surface area contributed by atoms with Crippen molar-refractivity contribution in [3.8, 4) is 0 Å². The molecule has 5 atom stereocenters. The Labute approximate surface area is 157 Å². The Morgan fingerprint density at radius 2 is 1.67 bits per heavy atom. The van der Waals surface area contributed by atoms with Crippen LogP contribution in [-0.2, 0) is 23.8 Å². The van der Waals surface area contributed by atoms with E-state index < -0.39 is 48.3 Å². The fourth-order valence-electron chi connectivity index (χ4n) is 3.88. The molecule has 0 spiro atoms. The number of rotatable bonds is 4. The third-order valence-electron chi connectivity index (χ3n) is 4.90. The highest BCUT2D eigenvalue weighted by Gasteiger charge is 2.53. The molecule has 8 heteroatoms. The molecule has 0 unspecified atom stereocenters. The topological polar surface area (TPSA) is 108 Å². The quantitative estimate of drug-likeness (QED) is 0.597. The molecule has 2 saturated heterocycles. The van der Waals surface area contributed by atoms with Crippen molar-refractivity contribution in [2.45, 2.75) is 50.7 Å². The molecule has 0 radical (unpaired) electrons. The van der Waals surface area contributed by atoms with E-state index >= 15 is 0 Å². The van der Waals surface area contributed by atoms with E-state index in [1.807, 2.05) is 4.90 Å². The number of hydrogen-bond donors (Lipinski definition) is 1. The number of benzene rings is 1. The van der Waals surface area contributed by atoms with Crippen LogP contribution in [0, 0.1) is 0 Å². The number of piperidine rings is 1. The SMILES string of the molecule is CC(=O)O[C@H]1[C@H](OC(=O)c2ccccc2)[C@@H](N)CN2CC[C@H](OC(C)=O)[C@H]12. The van der Waals surface area contributed by atoms with Gasteiger partial charge >= 0.3 is 17.9 Å². The van der Waals surface area contributed by atoms with Crippen molar-refractivity contribution in [2.75, 3.05) is 13.1 Å². The van der Waals surface area contributed by atoms with E-state index in [4.69, 9.17) is 19.9 Å². The summed E-state index contributed by atoms with van der Waals surface area (Å²) < 4.78 is 16.6. The van der Waals surface area contributed by atoms with Crippen molar-refractivity contribution in [3.63, 3.8) is 0 Å². The van der Waals surface area contributed by atoms with Gasteiger partial charge in [0.1, 0.15) is 6.10 Å². The third-order valence-corrected chi connectivity index (χ3v) is 4.90. The molecule has 0 amide bonds. The molecule has 2 aliphatic heterocycles. The first-order valence-electron chi connectivity index (χ1n) is 8.97. The van der Waals surface area contributed by atoms with Gasteiger partial charge in [0.25, 0.3) is 0 Å². The van der Waals surface area contributed by atoms with Crippen molar-refractivity contribution in [3.05, 3.63) is 35.9 Å². The molecule has 0 aromatic heterocycles.